The summed E-state index contributed by atoms with van der Waals surface area (Å²) in [6.45, 7) is 4.35. The second-order valence-corrected chi connectivity index (χ2v) is 5.06. The Labute approximate surface area is 99.4 Å². The van der Waals surface area contributed by atoms with E-state index in [1.54, 1.807) is 0 Å². The number of halogens is 1. The van der Waals surface area contributed by atoms with Crippen LogP contribution in [0.1, 0.15) is 24.4 Å². The van der Waals surface area contributed by atoms with Gasteiger partial charge in [-0.25, -0.2) is 4.98 Å². The van der Waals surface area contributed by atoms with Gasteiger partial charge in [-0.05, 0) is 61.6 Å². The van der Waals surface area contributed by atoms with E-state index in [0.717, 1.165) is 35.9 Å². The Bertz CT molecular complexity index is 346. The second kappa shape index (κ2) is 4.66. The Morgan fingerprint density at radius 1 is 1.60 bits per heavy atom. The highest BCUT2D eigenvalue weighted by Crippen LogP contribution is 2.28. The van der Waals surface area contributed by atoms with Crippen molar-refractivity contribution in [2.24, 2.45) is 5.92 Å². The third kappa shape index (κ3) is 2.26. The molecule has 1 aliphatic rings. The van der Waals surface area contributed by atoms with Crippen LogP contribution in [0, 0.1) is 12.8 Å². The lowest BCUT2D eigenvalue weighted by molar-refractivity contribution is 0.342. The number of aryl methyl sites for hydroxylation is 1. The molecule has 2 rings (SSSR count). The standard InChI is InChI=1S/C11H18BrN3/c1-8-14-11(12)10-4-3-9(5-6-13-2)7-15(8)10/h9,13H,3-7H2,1-2H3. The lowest BCUT2D eigenvalue weighted by Crippen LogP contribution is -2.24. The average Bonchev–Trinajstić information content (AvgIpc) is 2.52. The maximum Gasteiger partial charge on any atom is 0.127 e. The van der Waals surface area contributed by atoms with Gasteiger partial charge in [-0.15, -0.1) is 0 Å². The van der Waals surface area contributed by atoms with E-state index in [9.17, 15) is 0 Å². The highest BCUT2D eigenvalue weighted by molar-refractivity contribution is 9.10. The number of nitrogens with zero attached hydrogens (tertiary/aromatic N) is 2. The maximum absolute atomic E-state index is 4.47. The molecule has 0 aliphatic carbocycles. The van der Waals surface area contributed by atoms with Crippen LogP contribution >= 0.6 is 15.9 Å². The van der Waals surface area contributed by atoms with E-state index < -0.39 is 0 Å². The summed E-state index contributed by atoms with van der Waals surface area (Å²) in [5.41, 5.74) is 1.38. The Balaban J connectivity index is 2.09. The van der Waals surface area contributed by atoms with Gasteiger partial charge in [0, 0.05) is 6.54 Å². The molecule has 1 aromatic rings. The smallest absolute Gasteiger partial charge is 0.127 e. The first-order valence-corrected chi connectivity index (χ1v) is 6.37. The zero-order chi connectivity index (χ0) is 10.8. The molecule has 15 heavy (non-hydrogen) atoms. The normalized spacial score (nSPS) is 20.3. The van der Waals surface area contributed by atoms with Gasteiger partial charge in [0.1, 0.15) is 10.4 Å². The topological polar surface area (TPSA) is 29.9 Å². The fourth-order valence-electron chi connectivity index (χ4n) is 2.33. The quantitative estimate of drug-likeness (QED) is 0.913. The largest absolute Gasteiger partial charge is 0.331 e. The Morgan fingerprint density at radius 2 is 2.40 bits per heavy atom. The molecule has 1 atom stereocenters. The zero-order valence-electron chi connectivity index (χ0n) is 9.39. The van der Waals surface area contributed by atoms with Gasteiger partial charge < -0.3 is 9.88 Å². The summed E-state index contributed by atoms with van der Waals surface area (Å²) in [6.07, 6.45) is 3.73. The SMILES string of the molecule is CNCCC1CCc2c(Br)nc(C)n2C1. The summed E-state index contributed by atoms with van der Waals surface area (Å²) in [6, 6.07) is 0. The van der Waals surface area contributed by atoms with Gasteiger partial charge in [-0.1, -0.05) is 0 Å². The van der Waals surface area contributed by atoms with Crippen molar-refractivity contribution in [1.82, 2.24) is 14.9 Å². The number of hydrogen-bond acceptors (Lipinski definition) is 2. The predicted molar refractivity (Wildman–Crippen MR) is 65.0 cm³/mol. The summed E-state index contributed by atoms with van der Waals surface area (Å²) < 4.78 is 3.42. The maximum atomic E-state index is 4.47. The van der Waals surface area contributed by atoms with E-state index in [-0.39, 0.29) is 0 Å². The van der Waals surface area contributed by atoms with Gasteiger partial charge >= 0.3 is 0 Å². The Hall–Kier alpha value is -0.350. The molecular formula is C11H18BrN3. The zero-order valence-corrected chi connectivity index (χ0v) is 11.0. The van der Waals surface area contributed by atoms with Gasteiger partial charge in [0.15, 0.2) is 0 Å². The highest BCUT2D eigenvalue weighted by Gasteiger charge is 2.22. The first-order chi connectivity index (χ1) is 7.22. The van der Waals surface area contributed by atoms with Crippen LogP contribution in [0.25, 0.3) is 0 Å². The van der Waals surface area contributed by atoms with E-state index in [0.29, 0.717) is 0 Å². The number of fused-ring (bicyclic) bond motifs is 1. The van der Waals surface area contributed by atoms with Crippen molar-refractivity contribution in [2.75, 3.05) is 13.6 Å². The number of hydrogen-bond donors (Lipinski definition) is 1. The van der Waals surface area contributed by atoms with E-state index >= 15 is 0 Å². The van der Waals surface area contributed by atoms with E-state index in [1.165, 1.54) is 18.5 Å². The summed E-state index contributed by atoms with van der Waals surface area (Å²) in [7, 11) is 2.02. The summed E-state index contributed by atoms with van der Waals surface area (Å²) in [5, 5.41) is 3.22. The van der Waals surface area contributed by atoms with Gasteiger partial charge in [0.25, 0.3) is 0 Å². The third-order valence-electron chi connectivity index (χ3n) is 3.25. The highest BCUT2D eigenvalue weighted by atomic mass is 79.9. The van der Waals surface area contributed by atoms with E-state index in [1.807, 2.05) is 7.05 Å². The molecule has 1 aliphatic heterocycles. The first kappa shape index (κ1) is 11.1. The molecule has 1 N–H and O–H groups in total. The van der Waals surface area contributed by atoms with Crippen LogP contribution in [-0.2, 0) is 13.0 Å². The molecule has 0 saturated heterocycles. The van der Waals surface area contributed by atoms with Crippen molar-refractivity contribution in [2.45, 2.75) is 32.7 Å². The lowest BCUT2D eigenvalue weighted by atomic mass is 9.95. The fourth-order valence-corrected chi connectivity index (χ4v) is 3.00. The van der Waals surface area contributed by atoms with Crippen LogP contribution in [-0.4, -0.2) is 23.1 Å². The van der Waals surface area contributed by atoms with Gasteiger partial charge in [-0.3, -0.25) is 0 Å². The first-order valence-electron chi connectivity index (χ1n) is 5.58. The van der Waals surface area contributed by atoms with E-state index in [4.69, 9.17) is 0 Å². The van der Waals surface area contributed by atoms with Gasteiger partial charge in [-0.2, -0.15) is 0 Å². The van der Waals surface area contributed by atoms with Crippen LogP contribution in [0.4, 0.5) is 0 Å². The molecule has 3 nitrogen and oxygen atoms in total. The molecule has 84 valence electrons. The minimum atomic E-state index is 0.810. The molecule has 4 heteroatoms. The van der Waals surface area contributed by atoms with Crippen molar-refractivity contribution < 1.29 is 0 Å². The van der Waals surface area contributed by atoms with Crippen molar-refractivity contribution in [3.05, 3.63) is 16.1 Å². The predicted octanol–water partition coefficient (Wildman–Crippen LogP) is 2.13. The number of imidazole rings is 1. The van der Waals surface area contributed by atoms with Crippen molar-refractivity contribution >= 4 is 15.9 Å². The van der Waals surface area contributed by atoms with Gasteiger partial charge in [0.05, 0.1) is 5.69 Å². The summed E-state index contributed by atoms with van der Waals surface area (Å²) >= 11 is 3.53. The molecule has 0 radical (unpaired) electrons. The molecule has 0 spiro atoms. The van der Waals surface area contributed by atoms with Crippen LogP contribution in [0.15, 0.2) is 4.60 Å². The van der Waals surface area contributed by atoms with Crippen molar-refractivity contribution in [3.8, 4) is 0 Å². The van der Waals surface area contributed by atoms with Crippen molar-refractivity contribution in [3.63, 3.8) is 0 Å². The lowest BCUT2D eigenvalue weighted by Gasteiger charge is -2.25. The molecule has 1 aromatic heterocycles. The second-order valence-electron chi connectivity index (χ2n) is 4.30. The molecular weight excluding hydrogens is 254 g/mol. The van der Waals surface area contributed by atoms with Crippen molar-refractivity contribution in [1.29, 1.82) is 0 Å². The van der Waals surface area contributed by atoms with Crippen LogP contribution in [0.5, 0.6) is 0 Å². The monoisotopic (exact) mass is 271 g/mol. The van der Waals surface area contributed by atoms with Crippen LogP contribution < -0.4 is 5.32 Å². The number of aromatic nitrogens is 2. The average molecular weight is 272 g/mol. The van der Waals surface area contributed by atoms with Crippen LogP contribution in [0.2, 0.25) is 0 Å². The molecule has 0 aromatic carbocycles. The van der Waals surface area contributed by atoms with Gasteiger partial charge in [0.2, 0.25) is 0 Å². The molecule has 1 unspecified atom stereocenters. The number of nitrogens with one attached hydrogen (secondary N) is 1. The fraction of sp³-hybridized carbons (Fsp3) is 0.727. The number of rotatable bonds is 3. The molecule has 0 bridgehead atoms. The third-order valence-corrected chi connectivity index (χ3v) is 3.88. The molecule has 2 heterocycles. The van der Waals surface area contributed by atoms with Crippen LogP contribution in [0.3, 0.4) is 0 Å². The minimum Gasteiger partial charge on any atom is -0.331 e. The Morgan fingerprint density at radius 3 is 3.13 bits per heavy atom. The summed E-state index contributed by atoms with van der Waals surface area (Å²) in [5.74, 6) is 1.95. The minimum absolute atomic E-state index is 0.810. The Kier molecular flexibility index (Phi) is 3.46. The molecule has 0 saturated carbocycles. The van der Waals surface area contributed by atoms with E-state index in [2.05, 4.69) is 37.7 Å². The summed E-state index contributed by atoms with van der Waals surface area (Å²) in [4.78, 5) is 4.47. The molecule has 0 fully saturated rings. The molecule has 0 amide bonds.